The van der Waals surface area contributed by atoms with Gasteiger partial charge < -0.3 is 30.9 Å². The summed E-state index contributed by atoms with van der Waals surface area (Å²) >= 11 is 3.52. The molecule has 2 atom stereocenters. The number of nitrogens with zero attached hydrogens (tertiary/aromatic N) is 2. The lowest BCUT2D eigenvalue weighted by molar-refractivity contribution is -0.948. The molecule has 0 saturated carbocycles. The lowest BCUT2D eigenvalue weighted by Gasteiger charge is -2.46. The molecule has 0 aromatic heterocycles. The predicted octanol–water partition coefficient (Wildman–Crippen LogP) is 2.38. The number of non-ortho nitro benzene ring substituents is 1. The Balaban J connectivity index is 0.00000245. The maximum Gasteiger partial charge on any atom is 0.269 e. The number of likely N-dealkylation sites (N-methyl/N-ethyl adjacent to an activating group) is 1. The minimum absolute atomic E-state index is 0. The van der Waals surface area contributed by atoms with Crippen LogP contribution in [-0.4, -0.2) is 29.8 Å². The van der Waals surface area contributed by atoms with Crippen LogP contribution in [0.15, 0.2) is 65.1 Å². The second-order valence-corrected chi connectivity index (χ2v) is 9.31. The molecule has 2 unspecified atom stereocenters. The number of quaternary nitrogens is 1. The largest absolute Gasteiger partial charge is 1.00 e. The maximum atomic E-state index is 11.2. The number of benzene rings is 3. The van der Waals surface area contributed by atoms with Crippen molar-refractivity contribution in [1.82, 2.24) is 0 Å². The molecule has 0 amide bonds. The lowest BCUT2D eigenvalue weighted by Crippen LogP contribution is -3.00. The molecule has 0 fully saturated rings. The molecule has 2 aliphatic rings. The number of nitro benzene ring substituents is 1. The molecule has 0 saturated heterocycles. The van der Waals surface area contributed by atoms with Gasteiger partial charge in [0, 0.05) is 39.7 Å². The van der Waals surface area contributed by atoms with Gasteiger partial charge in [-0.3, -0.25) is 10.1 Å². The third kappa shape index (κ3) is 4.14. The number of fused-ring (bicyclic) bond motifs is 2. The summed E-state index contributed by atoms with van der Waals surface area (Å²) in [5, 5.41) is 11.2. The monoisotopic (exact) mass is 560 g/mol. The summed E-state index contributed by atoms with van der Waals surface area (Å²) in [4.78, 5) is 10.8. The Labute approximate surface area is 205 Å². The molecule has 8 heteroatoms. The molecular weight excluding hydrogens is 540 g/mol. The van der Waals surface area contributed by atoms with E-state index < -0.39 is 0 Å². The van der Waals surface area contributed by atoms with E-state index in [-0.39, 0.29) is 40.4 Å². The van der Waals surface area contributed by atoms with Gasteiger partial charge in [-0.15, -0.1) is 0 Å². The Morgan fingerprint density at radius 1 is 1.06 bits per heavy atom. The number of rotatable bonds is 4. The van der Waals surface area contributed by atoms with Gasteiger partial charge in [0.05, 0.1) is 18.5 Å². The smallest absolute Gasteiger partial charge is 0.269 e. The Kier molecular flexibility index (Phi) is 6.29. The number of hydrogen-bond donors (Lipinski definition) is 0. The molecule has 0 bridgehead atoms. The highest BCUT2D eigenvalue weighted by molar-refractivity contribution is 9.10. The number of nitro groups is 1. The zero-order valence-corrected chi connectivity index (χ0v) is 20.6. The fourth-order valence-electron chi connectivity index (χ4n) is 4.81. The first-order valence-electron chi connectivity index (χ1n) is 10.2. The van der Waals surface area contributed by atoms with Crippen molar-refractivity contribution in [2.45, 2.75) is 19.0 Å². The van der Waals surface area contributed by atoms with E-state index in [1.807, 2.05) is 12.1 Å². The zero-order chi connectivity index (χ0) is 21.6. The third-order valence-corrected chi connectivity index (χ3v) is 6.85. The first-order valence-corrected chi connectivity index (χ1v) is 11.0. The van der Waals surface area contributed by atoms with Gasteiger partial charge in [-0.1, -0.05) is 28.1 Å². The normalized spacial score (nSPS) is 20.9. The van der Waals surface area contributed by atoms with Crippen LogP contribution >= 0.6 is 15.9 Å². The zero-order valence-electron chi connectivity index (χ0n) is 17.5. The summed E-state index contributed by atoms with van der Waals surface area (Å²) in [5.41, 5.74) is 4.86. The summed E-state index contributed by atoms with van der Waals surface area (Å²) in [6, 6.07) is 19.6. The predicted molar refractivity (Wildman–Crippen MR) is 120 cm³/mol. The van der Waals surface area contributed by atoms with Crippen molar-refractivity contribution < 1.29 is 35.9 Å². The van der Waals surface area contributed by atoms with Crippen molar-refractivity contribution in [1.29, 1.82) is 0 Å². The number of hydrogen-bond acceptors (Lipinski definition) is 4. The molecule has 0 aliphatic carbocycles. The highest BCUT2D eigenvalue weighted by atomic mass is 79.9. The van der Waals surface area contributed by atoms with Crippen LogP contribution in [-0.2, 0) is 13.0 Å². The Morgan fingerprint density at radius 2 is 1.72 bits per heavy atom. The first kappa shape index (κ1) is 22.8. The van der Waals surface area contributed by atoms with Crippen LogP contribution < -0.4 is 26.5 Å². The van der Waals surface area contributed by atoms with Crippen molar-refractivity contribution >= 4 is 21.6 Å². The summed E-state index contributed by atoms with van der Waals surface area (Å²) in [6.07, 6.45) is 0.933. The Hall–Kier alpha value is -2.42. The maximum absolute atomic E-state index is 11.2. The molecule has 3 aromatic rings. The quantitative estimate of drug-likeness (QED) is 0.279. The highest BCUT2D eigenvalue weighted by Crippen LogP contribution is 2.46. The lowest BCUT2D eigenvalue weighted by atomic mass is 9.85. The summed E-state index contributed by atoms with van der Waals surface area (Å²) in [5.74, 6) is 1.56. The SMILES string of the molecule is C[N+]1(Cc2ccc(Br)cc2)CCc2cc3c(cc2C1c1ccc([N+](=O)[O-])cc1)OCO3.[Br-]. The molecule has 0 N–H and O–H groups in total. The van der Waals surface area contributed by atoms with E-state index in [1.54, 1.807) is 12.1 Å². The van der Waals surface area contributed by atoms with Gasteiger partial charge in [-0.05, 0) is 42.0 Å². The average molecular weight is 562 g/mol. The number of ether oxygens (including phenoxy) is 2. The van der Waals surface area contributed by atoms with Gasteiger partial charge in [-0.25, -0.2) is 0 Å². The standard InChI is InChI=1S/C24H22BrN2O4.BrH/c1-27(14-16-2-6-19(25)7-3-16)11-10-18-12-22-23(31-15-30-22)13-21(18)24(27)17-4-8-20(9-5-17)26(28)29;/h2-9,12-13,24H,10-11,14-15H2,1H3;1H/q+1;/p-1. The van der Waals surface area contributed by atoms with Gasteiger partial charge in [0.2, 0.25) is 6.79 Å². The van der Waals surface area contributed by atoms with Crippen LogP contribution in [0.25, 0.3) is 0 Å². The van der Waals surface area contributed by atoms with E-state index in [4.69, 9.17) is 9.47 Å². The Bertz CT molecular complexity index is 1150. The molecule has 32 heavy (non-hydrogen) atoms. The van der Waals surface area contributed by atoms with Gasteiger partial charge in [-0.2, -0.15) is 0 Å². The molecule has 2 aliphatic heterocycles. The van der Waals surface area contributed by atoms with E-state index in [2.05, 4.69) is 59.4 Å². The van der Waals surface area contributed by atoms with Gasteiger partial charge in [0.25, 0.3) is 5.69 Å². The molecule has 5 rings (SSSR count). The van der Waals surface area contributed by atoms with Crippen LogP contribution in [0.3, 0.4) is 0 Å². The van der Waals surface area contributed by atoms with E-state index >= 15 is 0 Å². The minimum Gasteiger partial charge on any atom is -1.00 e. The van der Waals surface area contributed by atoms with Crippen LogP contribution in [0.5, 0.6) is 11.5 Å². The van der Waals surface area contributed by atoms with Crippen molar-refractivity contribution in [2.75, 3.05) is 20.4 Å². The van der Waals surface area contributed by atoms with Crippen LogP contribution in [0.1, 0.15) is 28.3 Å². The molecule has 3 aromatic carbocycles. The van der Waals surface area contributed by atoms with Gasteiger partial charge >= 0.3 is 0 Å². The van der Waals surface area contributed by atoms with Gasteiger partial charge in [0.1, 0.15) is 12.6 Å². The van der Waals surface area contributed by atoms with Crippen molar-refractivity contribution in [3.05, 3.63) is 97.5 Å². The fraction of sp³-hybridized carbons (Fsp3) is 0.250. The third-order valence-electron chi connectivity index (χ3n) is 6.32. The molecular formula is C24H22Br2N2O4. The van der Waals surface area contributed by atoms with Crippen LogP contribution in [0.2, 0.25) is 0 Å². The van der Waals surface area contributed by atoms with E-state index in [0.29, 0.717) is 0 Å². The molecule has 6 nitrogen and oxygen atoms in total. The molecule has 0 radical (unpaired) electrons. The first-order chi connectivity index (χ1) is 14.9. The van der Waals surface area contributed by atoms with Gasteiger partial charge in [0.15, 0.2) is 11.5 Å². The summed E-state index contributed by atoms with van der Waals surface area (Å²) in [7, 11) is 2.27. The molecule has 166 valence electrons. The van der Waals surface area contributed by atoms with E-state index in [9.17, 15) is 10.1 Å². The summed E-state index contributed by atoms with van der Waals surface area (Å²) < 4.78 is 13.1. The second kappa shape index (κ2) is 8.84. The Morgan fingerprint density at radius 3 is 2.38 bits per heavy atom. The topological polar surface area (TPSA) is 61.6 Å². The molecule has 2 heterocycles. The fourth-order valence-corrected chi connectivity index (χ4v) is 5.07. The highest BCUT2D eigenvalue weighted by Gasteiger charge is 2.41. The van der Waals surface area contributed by atoms with E-state index in [1.165, 1.54) is 16.7 Å². The van der Waals surface area contributed by atoms with Crippen LogP contribution in [0, 0.1) is 10.1 Å². The summed E-state index contributed by atoms with van der Waals surface area (Å²) in [6.45, 7) is 2.04. The second-order valence-electron chi connectivity index (χ2n) is 8.39. The average Bonchev–Trinajstić information content (AvgIpc) is 3.21. The van der Waals surface area contributed by atoms with Crippen molar-refractivity contribution in [2.24, 2.45) is 0 Å². The van der Waals surface area contributed by atoms with Crippen molar-refractivity contribution in [3.8, 4) is 11.5 Å². The van der Waals surface area contributed by atoms with E-state index in [0.717, 1.165) is 45.5 Å². The van der Waals surface area contributed by atoms with Crippen molar-refractivity contribution in [3.63, 3.8) is 0 Å². The number of halogens is 2. The minimum atomic E-state index is -0.355. The van der Waals surface area contributed by atoms with Crippen LogP contribution in [0.4, 0.5) is 5.69 Å². The molecule has 0 spiro atoms.